The van der Waals surface area contributed by atoms with Gasteiger partial charge >= 0.3 is 0 Å². The first kappa shape index (κ1) is 16.9. The summed E-state index contributed by atoms with van der Waals surface area (Å²) in [5, 5.41) is 2.90. The van der Waals surface area contributed by atoms with Crippen LogP contribution in [0.25, 0.3) is 0 Å². The van der Waals surface area contributed by atoms with Gasteiger partial charge in [0.15, 0.2) is 0 Å². The summed E-state index contributed by atoms with van der Waals surface area (Å²) in [6, 6.07) is 15.2. The fourth-order valence-corrected chi connectivity index (χ4v) is 2.19. The predicted molar refractivity (Wildman–Crippen MR) is 92.2 cm³/mol. The van der Waals surface area contributed by atoms with Crippen molar-refractivity contribution >= 4 is 11.6 Å². The van der Waals surface area contributed by atoms with E-state index in [1.54, 1.807) is 7.11 Å². The van der Waals surface area contributed by atoms with Crippen LogP contribution in [0.2, 0.25) is 0 Å². The molecule has 1 amide bonds. The van der Waals surface area contributed by atoms with Crippen molar-refractivity contribution in [1.82, 2.24) is 0 Å². The van der Waals surface area contributed by atoms with Crippen molar-refractivity contribution < 1.29 is 14.3 Å². The van der Waals surface area contributed by atoms with Gasteiger partial charge in [0.25, 0.3) is 0 Å². The molecule has 0 atom stereocenters. The summed E-state index contributed by atoms with van der Waals surface area (Å²) in [5.41, 5.74) is 1.86. The number of aryl methyl sites for hydroxylation is 1. The molecule has 0 aliphatic rings. The lowest BCUT2D eigenvalue weighted by atomic mass is 10.1. The van der Waals surface area contributed by atoms with Gasteiger partial charge in [-0.1, -0.05) is 18.2 Å². The molecule has 0 bridgehead atoms. The minimum Gasteiger partial charge on any atom is -0.497 e. The Hall–Kier alpha value is -2.49. The van der Waals surface area contributed by atoms with Crippen LogP contribution in [0.3, 0.4) is 0 Å². The Bertz CT molecular complexity index is 635. The maximum Gasteiger partial charge on any atom is 0.224 e. The maximum atomic E-state index is 12.1. The molecule has 0 saturated heterocycles. The molecule has 2 aromatic carbocycles. The van der Waals surface area contributed by atoms with Crippen molar-refractivity contribution in [3.05, 3.63) is 54.1 Å². The predicted octanol–water partition coefficient (Wildman–Crippen LogP) is 4.05. The van der Waals surface area contributed by atoms with Gasteiger partial charge < -0.3 is 14.8 Å². The van der Waals surface area contributed by atoms with E-state index in [4.69, 9.17) is 9.47 Å². The normalized spacial score (nSPS) is 10.4. The number of amides is 1. The molecule has 0 saturated carbocycles. The Labute approximate surface area is 137 Å². The van der Waals surface area contributed by atoms with Gasteiger partial charge in [-0.15, -0.1) is 0 Å². The molecule has 4 heteroatoms. The molecule has 2 rings (SSSR count). The van der Waals surface area contributed by atoms with Crippen LogP contribution in [0.5, 0.6) is 11.5 Å². The second-order valence-electron chi connectivity index (χ2n) is 5.59. The Morgan fingerprint density at radius 3 is 2.48 bits per heavy atom. The summed E-state index contributed by atoms with van der Waals surface area (Å²) in [6.07, 6.45) is 1.23. The van der Waals surface area contributed by atoms with Gasteiger partial charge in [0.05, 0.1) is 13.2 Å². The first-order valence-corrected chi connectivity index (χ1v) is 7.76. The quantitative estimate of drug-likeness (QED) is 0.838. The number of hydrogen-bond acceptors (Lipinski definition) is 3. The van der Waals surface area contributed by atoms with Crippen LogP contribution >= 0.6 is 0 Å². The molecular weight excluding hydrogens is 290 g/mol. The number of carbonyl (C=O) groups is 1. The van der Waals surface area contributed by atoms with E-state index in [-0.39, 0.29) is 12.0 Å². The molecule has 0 heterocycles. The highest BCUT2D eigenvalue weighted by atomic mass is 16.5. The van der Waals surface area contributed by atoms with E-state index in [2.05, 4.69) is 5.32 Å². The Balaban J connectivity index is 1.86. The summed E-state index contributed by atoms with van der Waals surface area (Å²) in [4.78, 5) is 12.1. The molecule has 0 aliphatic carbocycles. The van der Waals surface area contributed by atoms with E-state index >= 15 is 0 Å². The smallest absolute Gasteiger partial charge is 0.224 e. The minimum absolute atomic E-state index is 0.0116. The zero-order valence-electron chi connectivity index (χ0n) is 13.8. The van der Waals surface area contributed by atoms with Crippen molar-refractivity contribution in [3.8, 4) is 11.5 Å². The number of methoxy groups -OCH3 is 1. The highest BCUT2D eigenvalue weighted by Gasteiger charge is 2.05. The van der Waals surface area contributed by atoms with Gasteiger partial charge in [0.2, 0.25) is 5.91 Å². The lowest BCUT2D eigenvalue weighted by molar-refractivity contribution is -0.116. The second kappa shape index (κ2) is 8.22. The summed E-state index contributed by atoms with van der Waals surface area (Å²) in [6.45, 7) is 3.94. The average Bonchev–Trinajstić information content (AvgIpc) is 2.53. The van der Waals surface area contributed by atoms with Gasteiger partial charge in [-0.25, -0.2) is 0 Å². The van der Waals surface area contributed by atoms with E-state index in [0.717, 1.165) is 22.7 Å². The highest BCUT2D eigenvalue weighted by molar-refractivity contribution is 5.91. The summed E-state index contributed by atoms with van der Waals surface area (Å²) in [5.74, 6) is 1.57. The molecule has 0 radical (unpaired) electrons. The fourth-order valence-electron chi connectivity index (χ4n) is 2.19. The minimum atomic E-state index is -0.0116. The second-order valence-corrected chi connectivity index (χ2v) is 5.59. The SMILES string of the molecule is COc1ccc(CCC(=O)Nc2cccc(OC(C)C)c2)cc1. The van der Waals surface area contributed by atoms with E-state index in [0.29, 0.717) is 12.8 Å². The van der Waals surface area contributed by atoms with Crippen molar-refractivity contribution in [2.24, 2.45) is 0 Å². The van der Waals surface area contributed by atoms with Crippen molar-refractivity contribution in [1.29, 1.82) is 0 Å². The molecule has 122 valence electrons. The Morgan fingerprint density at radius 1 is 1.09 bits per heavy atom. The van der Waals surface area contributed by atoms with Crippen LogP contribution in [0, 0.1) is 0 Å². The molecular formula is C19H23NO3. The first-order valence-electron chi connectivity index (χ1n) is 7.76. The molecule has 4 nitrogen and oxygen atoms in total. The zero-order valence-corrected chi connectivity index (χ0v) is 13.8. The van der Waals surface area contributed by atoms with Crippen LogP contribution in [-0.2, 0) is 11.2 Å². The van der Waals surface area contributed by atoms with Crippen LogP contribution in [-0.4, -0.2) is 19.1 Å². The maximum absolute atomic E-state index is 12.1. The number of nitrogens with one attached hydrogen (secondary N) is 1. The lowest BCUT2D eigenvalue weighted by Gasteiger charge is -2.11. The number of anilines is 1. The molecule has 0 unspecified atom stereocenters. The molecule has 0 aliphatic heterocycles. The largest absolute Gasteiger partial charge is 0.497 e. The number of ether oxygens (including phenoxy) is 2. The monoisotopic (exact) mass is 313 g/mol. The summed E-state index contributed by atoms with van der Waals surface area (Å²) < 4.78 is 10.7. The third-order valence-electron chi connectivity index (χ3n) is 3.29. The first-order chi connectivity index (χ1) is 11.1. The third-order valence-corrected chi connectivity index (χ3v) is 3.29. The Kier molecular flexibility index (Phi) is 6.03. The van der Waals surface area contributed by atoms with E-state index in [1.807, 2.05) is 62.4 Å². The Morgan fingerprint density at radius 2 is 1.83 bits per heavy atom. The number of hydrogen-bond donors (Lipinski definition) is 1. The molecule has 0 aromatic heterocycles. The van der Waals surface area contributed by atoms with E-state index < -0.39 is 0 Å². The van der Waals surface area contributed by atoms with Crippen LogP contribution < -0.4 is 14.8 Å². The lowest BCUT2D eigenvalue weighted by Crippen LogP contribution is -2.12. The van der Waals surface area contributed by atoms with Gasteiger partial charge in [-0.2, -0.15) is 0 Å². The van der Waals surface area contributed by atoms with Gasteiger partial charge in [0.1, 0.15) is 11.5 Å². The van der Waals surface area contributed by atoms with E-state index in [9.17, 15) is 4.79 Å². The van der Waals surface area contributed by atoms with Gasteiger partial charge in [-0.05, 0) is 50.1 Å². The molecule has 2 aromatic rings. The average molecular weight is 313 g/mol. The summed E-state index contributed by atoms with van der Waals surface area (Å²) >= 11 is 0. The number of benzene rings is 2. The van der Waals surface area contributed by atoms with Crippen LogP contribution in [0.1, 0.15) is 25.8 Å². The topological polar surface area (TPSA) is 47.6 Å². The molecule has 1 N–H and O–H groups in total. The van der Waals surface area contributed by atoms with Crippen LogP contribution in [0.4, 0.5) is 5.69 Å². The van der Waals surface area contributed by atoms with Crippen molar-refractivity contribution in [2.45, 2.75) is 32.8 Å². The molecule has 23 heavy (non-hydrogen) atoms. The highest BCUT2D eigenvalue weighted by Crippen LogP contribution is 2.19. The summed E-state index contributed by atoms with van der Waals surface area (Å²) in [7, 11) is 1.64. The van der Waals surface area contributed by atoms with Crippen LogP contribution in [0.15, 0.2) is 48.5 Å². The zero-order chi connectivity index (χ0) is 16.7. The third kappa shape index (κ3) is 5.66. The number of rotatable bonds is 7. The van der Waals surface area contributed by atoms with Crippen molar-refractivity contribution in [3.63, 3.8) is 0 Å². The standard InChI is InChI=1S/C19H23NO3/c1-14(2)23-18-6-4-5-16(13-18)20-19(21)12-9-15-7-10-17(22-3)11-8-15/h4-8,10-11,13-14H,9,12H2,1-3H3,(H,20,21). The molecule has 0 fully saturated rings. The van der Waals surface area contributed by atoms with E-state index in [1.165, 1.54) is 0 Å². The number of carbonyl (C=O) groups excluding carboxylic acids is 1. The van der Waals surface area contributed by atoms with Gasteiger partial charge in [-0.3, -0.25) is 4.79 Å². The fraction of sp³-hybridized carbons (Fsp3) is 0.316. The van der Waals surface area contributed by atoms with Crippen molar-refractivity contribution in [2.75, 3.05) is 12.4 Å². The molecule has 0 spiro atoms. The van der Waals surface area contributed by atoms with Gasteiger partial charge in [0, 0.05) is 18.2 Å².